The van der Waals surface area contributed by atoms with Gasteiger partial charge in [-0.2, -0.15) is 0 Å². The number of anilines is 3. The van der Waals surface area contributed by atoms with Gasteiger partial charge in [-0.3, -0.25) is 0 Å². The number of ether oxygens (including phenoxy) is 5. The monoisotopic (exact) mass is 520 g/mol. The van der Waals surface area contributed by atoms with Gasteiger partial charge in [0.1, 0.15) is 11.3 Å². The maximum absolute atomic E-state index is 5.44. The maximum Gasteiger partial charge on any atom is 0.231 e. The molecule has 190 valence electrons. The molecule has 3 heterocycles. The van der Waals surface area contributed by atoms with Crippen LogP contribution in [0.15, 0.2) is 48.7 Å². The van der Waals surface area contributed by atoms with Gasteiger partial charge in [0.05, 0.1) is 27.5 Å². The molecule has 2 aromatic heterocycles. The van der Waals surface area contributed by atoms with Crippen molar-refractivity contribution < 1.29 is 23.7 Å². The summed E-state index contributed by atoms with van der Waals surface area (Å²) in [6.07, 6.45) is 1.62. The molecule has 0 atom stereocenters. The standard InChI is InChI=1S/C25H24N6O5S/c1-32-19-9-15(10-20(33-2)23(19)34-3)28-22-12-26-16-5-7-21(29-24(16)30-22)31-25(37)27-11-14-4-6-17-18(8-14)36-13-35-17/h4-10,12H,11,13H2,1-3H3,(H3,27,28,29,30,31,37). The number of nitrogens with one attached hydrogen (secondary N) is 3. The Bertz CT molecular complexity index is 1440. The average Bonchev–Trinajstić information content (AvgIpc) is 3.39. The second-order valence-electron chi connectivity index (χ2n) is 7.83. The first kappa shape index (κ1) is 24.1. The molecular formula is C25H24N6O5S. The normalized spacial score (nSPS) is 11.6. The molecule has 12 heteroatoms. The zero-order valence-electron chi connectivity index (χ0n) is 20.3. The quantitative estimate of drug-likeness (QED) is 0.291. The fourth-order valence-corrected chi connectivity index (χ4v) is 3.90. The first-order valence-corrected chi connectivity index (χ1v) is 11.6. The third-order valence-electron chi connectivity index (χ3n) is 5.48. The van der Waals surface area contributed by atoms with Crippen LogP contribution in [0.4, 0.5) is 17.3 Å². The van der Waals surface area contributed by atoms with Crippen LogP contribution in [0.5, 0.6) is 28.7 Å². The number of hydrogen-bond acceptors (Lipinski definition) is 10. The molecule has 3 N–H and O–H groups in total. The van der Waals surface area contributed by atoms with Gasteiger partial charge >= 0.3 is 0 Å². The van der Waals surface area contributed by atoms with Gasteiger partial charge in [0.25, 0.3) is 0 Å². The summed E-state index contributed by atoms with van der Waals surface area (Å²) in [5.74, 6) is 4.04. The smallest absolute Gasteiger partial charge is 0.231 e. The fraction of sp³-hybridized carbons (Fsp3) is 0.200. The molecule has 0 amide bonds. The van der Waals surface area contributed by atoms with E-state index in [-0.39, 0.29) is 6.79 Å². The second-order valence-corrected chi connectivity index (χ2v) is 8.24. The van der Waals surface area contributed by atoms with E-state index in [4.69, 9.17) is 35.9 Å². The lowest BCUT2D eigenvalue weighted by Crippen LogP contribution is -2.28. The molecule has 0 spiro atoms. The Morgan fingerprint density at radius 3 is 2.43 bits per heavy atom. The summed E-state index contributed by atoms with van der Waals surface area (Å²) >= 11 is 5.44. The van der Waals surface area contributed by atoms with E-state index in [2.05, 4.69) is 30.9 Å². The van der Waals surface area contributed by atoms with E-state index in [1.807, 2.05) is 24.3 Å². The lowest BCUT2D eigenvalue weighted by atomic mass is 10.2. The Morgan fingerprint density at radius 2 is 1.68 bits per heavy atom. The van der Waals surface area contributed by atoms with E-state index in [9.17, 15) is 0 Å². The van der Waals surface area contributed by atoms with Crippen molar-refractivity contribution in [3.8, 4) is 28.7 Å². The average molecular weight is 521 g/mol. The molecule has 0 aliphatic carbocycles. The van der Waals surface area contributed by atoms with Crippen LogP contribution in [0.2, 0.25) is 0 Å². The molecular weight excluding hydrogens is 496 g/mol. The highest BCUT2D eigenvalue weighted by atomic mass is 32.1. The van der Waals surface area contributed by atoms with Crippen molar-refractivity contribution in [3.63, 3.8) is 0 Å². The summed E-state index contributed by atoms with van der Waals surface area (Å²) in [6, 6.07) is 12.9. The molecule has 0 radical (unpaired) electrons. The van der Waals surface area contributed by atoms with Crippen molar-refractivity contribution in [3.05, 3.63) is 54.2 Å². The van der Waals surface area contributed by atoms with Gasteiger partial charge in [-0.25, -0.2) is 15.0 Å². The first-order valence-electron chi connectivity index (χ1n) is 11.2. The van der Waals surface area contributed by atoms with E-state index in [1.54, 1.807) is 45.7 Å². The van der Waals surface area contributed by atoms with Crippen LogP contribution in [-0.2, 0) is 6.54 Å². The lowest BCUT2D eigenvalue weighted by molar-refractivity contribution is 0.174. The third-order valence-corrected chi connectivity index (χ3v) is 5.72. The van der Waals surface area contributed by atoms with Crippen molar-refractivity contribution in [1.29, 1.82) is 0 Å². The minimum atomic E-state index is 0.239. The fourth-order valence-electron chi connectivity index (χ4n) is 3.72. The zero-order chi connectivity index (χ0) is 25.8. The topological polar surface area (TPSA) is 121 Å². The van der Waals surface area contributed by atoms with Crippen molar-refractivity contribution in [1.82, 2.24) is 20.3 Å². The van der Waals surface area contributed by atoms with E-state index < -0.39 is 0 Å². The molecule has 0 saturated heterocycles. The van der Waals surface area contributed by atoms with Crippen molar-refractivity contribution in [2.75, 3.05) is 38.8 Å². The van der Waals surface area contributed by atoms with Gasteiger partial charge in [0, 0.05) is 24.4 Å². The van der Waals surface area contributed by atoms with Crippen molar-refractivity contribution in [2.24, 2.45) is 0 Å². The number of nitrogens with zero attached hydrogens (tertiary/aromatic N) is 3. The lowest BCUT2D eigenvalue weighted by Gasteiger charge is -2.15. The second kappa shape index (κ2) is 10.6. The molecule has 5 rings (SSSR count). The van der Waals surface area contributed by atoms with Crippen LogP contribution >= 0.6 is 12.2 Å². The predicted octanol–water partition coefficient (Wildman–Crippen LogP) is 4.01. The summed E-state index contributed by atoms with van der Waals surface area (Å²) in [5.41, 5.74) is 2.78. The Kier molecular flexibility index (Phi) is 6.90. The number of hydrogen-bond donors (Lipinski definition) is 3. The van der Waals surface area contributed by atoms with Crippen LogP contribution in [0, 0.1) is 0 Å². The summed E-state index contributed by atoms with van der Waals surface area (Å²) in [6.45, 7) is 0.751. The molecule has 4 aromatic rings. The Hall–Kier alpha value is -4.58. The first-order chi connectivity index (χ1) is 18.1. The number of thiocarbonyl (C=S) groups is 1. The van der Waals surface area contributed by atoms with Crippen molar-refractivity contribution in [2.45, 2.75) is 6.54 Å². The minimum Gasteiger partial charge on any atom is -0.493 e. The van der Waals surface area contributed by atoms with Crippen LogP contribution < -0.4 is 39.6 Å². The number of pyridine rings is 1. The zero-order valence-corrected chi connectivity index (χ0v) is 21.1. The SMILES string of the molecule is COc1cc(Nc2cnc3ccc(NC(=S)NCc4ccc5c(c4)OCO5)nc3n2)cc(OC)c1OC. The molecule has 11 nitrogen and oxygen atoms in total. The molecule has 0 fully saturated rings. The molecule has 1 aliphatic heterocycles. The molecule has 2 aromatic carbocycles. The number of benzene rings is 2. The van der Waals surface area contributed by atoms with Gasteiger partial charge < -0.3 is 39.6 Å². The Morgan fingerprint density at radius 1 is 0.919 bits per heavy atom. The molecule has 37 heavy (non-hydrogen) atoms. The van der Waals surface area contributed by atoms with Crippen LogP contribution in [0.25, 0.3) is 11.2 Å². The molecule has 1 aliphatic rings. The van der Waals surface area contributed by atoms with Gasteiger partial charge in [0.15, 0.2) is 39.6 Å². The van der Waals surface area contributed by atoms with E-state index in [1.165, 1.54) is 0 Å². The number of rotatable bonds is 8. The largest absolute Gasteiger partial charge is 0.493 e. The van der Waals surface area contributed by atoms with Gasteiger partial charge in [-0.05, 0) is 42.0 Å². The summed E-state index contributed by atoms with van der Waals surface area (Å²) in [7, 11) is 4.67. The van der Waals surface area contributed by atoms with Gasteiger partial charge in [0.2, 0.25) is 12.5 Å². The molecule has 0 unspecified atom stereocenters. The highest BCUT2D eigenvalue weighted by Crippen LogP contribution is 2.40. The number of fused-ring (bicyclic) bond motifs is 2. The number of aromatic nitrogens is 3. The maximum atomic E-state index is 5.44. The van der Waals surface area contributed by atoms with E-state index in [0.29, 0.717) is 57.4 Å². The summed E-state index contributed by atoms with van der Waals surface area (Å²) in [4.78, 5) is 13.6. The molecule has 0 bridgehead atoms. The highest BCUT2D eigenvalue weighted by molar-refractivity contribution is 7.80. The van der Waals surface area contributed by atoms with E-state index in [0.717, 1.165) is 17.1 Å². The Balaban J connectivity index is 1.27. The van der Waals surface area contributed by atoms with Crippen LogP contribution in [0.3, 0.4) is 0 Å². The number of methoxy groups -OCH3 is 3. The molecule has 0 saturated carbocycles. The predicted molar refractivity (Wildman–Crippen MR) is 142 cm³/mol. The van der Waals surface area contributed by atoms with Crippen molar-refractivity contribution >= 4 is 45.8 Å². The minimum absolute atomic E-state index is 0.239. The van der Waals surface area contributed by atoms with Gasteiger partial charge in [-0.1, -0.05) is 6.07 Å². The van der Waals surface area contributed by atoms with Crippen LogP contribution in [0.1, 0.15) is 5.56 Å². The summed E-state index contributed by atoms with van der Waals surface area (Å²) in [5, 5.41) is 9.88. The third kappa shape index (κ3) is 5.33. The summed E-state index contributed by atoms with van der Waals surface area (Å²) < 4.78 is 27.0. The van der Waals surface area contributed by atoms with Crippen LogP contribution in [-0.4, -0.2) is 48.2 Å². The Labute approximate surface area is 218 Å². The highest BCUT2D eigenvalue weighted by Gasteiger charge is 2.15. The van der Waals surface area contributed by atoms with Gasteiger partial charge in [-0.15, -0.1) is 0 Å². The van der Waals surface area contributed by atoms with E-state index >= 15 is 0 Å².